The number of nitrogens with two attached hydrogens (primary N) is 1. The molecule has 1 rings (SSSR count). The molecule has 27 heavy (non-hydrogen) atoms. The Morgan fingerprint density at radius 2 is 2.00 bits per heavy atom. The number of Topliss-reactive ketones (excluding diaryl/α,β-unsaturated/α-hetero) is 1. The predicted octanol–water partition coefficient (Wildman–Crippen LogP) is -0.336. The lowest BCUT2D eigenvalue weighted by atomic mass is 9.97. The van der Waals surface area contributed by atoms with E-state index < -0.39 is 6.04 Å². The van der Waals surface area contributed by atoms with Gasteiger partial charge < -0.3 is 26.8 Å². The van der Waals surface area contributed by atoms with Crippen LogP contribution >= 0.6 is 11.3 Å². The minimum absolute atomic E-state index is 0.137. The number of hydrogen-bond acceptors (Lipinski definition) is 7. The van der Waals surface area contributed by atoms with E-state index in [4.69, 9.17) is 10.8 Å². The van der Waals surface area contributed by atoms with Crippen LogP contribution in [0.5, 0.6) is 0 Å². The summed E-state index contributed by atoms with van der Waals surface area (Å²) in [6.45, 7) is 3.95. The van der Waals surface area contributed by atoms with Gasteiger partial charge in [-0.3, -0.25) is 14.4 Å². The lowest BCUT2D eigenvalue weighted by molar-refractivity contribution is -0.129. The molecule has 8 nitrogen and oxygen atoms in total. The number of carbonyl (C=O) groups is 3. The van der Waals surface area contributed by atoms with Gasteiger partial charge in [-0.1, -0.05) is 0 Å². The van der Waals surface area contributed by atoms with Gasteiger partial charge in [0.25, 0.3) is 0 Å². The fraction of sp³-hybridized carbons (Fsp3) is 0.611. The van der Waals surface area contributed by atoms with Crippen LogP contribution in [0.1, 0.15) is 25.8 Å². The van der Waals surface area contributed by atoms with E-state index in [1.54, 1.807) is 25.3 Å². The maximum atomic E-state index is 12.3. The summed E-state index contributed by atoms with van der Waals surface area (Å²) >= 11 is 1.58. The third-order valence-corrected chi connectivity index (χ3v) is 4.34. The van der Waals surface area contributed by atoms with Gasteiger partial charge in [-0.15, -0.1) is 0 Å². The highest BCUT2D eigenvalue weighted by Gasteiger charge is 2.20. The average molecular weight is 401 g/mol. The third kappa shape index (κ3) is 11.5. The van der Waals surface area contributed by atoms with Crippen LogP contribution in [0, 0.1) is 5.92 Å². The first-order valence-corrected chi connectivity index (χ1v) is 9.87. The van der Waals surface area contributed by atoms with Crippen LogP contribution in [0.25, 0.3) is 0 Å². The van der Waals surface area contributed by atoms with Crippen molar-refractivity contribution in [2.45, 2.75) is 32.7 Å². The second kappa shape index (κ2) is 15.3. The summed E-state index contributed by atoms with van der Waals surface area (Å²) in [5.74, 6) is -0.989. The molecule has 0 aliphatic heterocycles. The van der Waals surface area contributed by atoms with Crippen LogP contribution in [0.2, 0.25) is 0 Å². The lowest BCUT2D eigenvalue weighted by Crippen LogP contribution is -2.49. The van der Waals surface area contributed by atoms with Crippen LogP contribution in [0.3, 0.4) is 0 Å². The Balaban J connectivity index is 0.00000210. The van der Waals surface area contributed by atoms with Crippen molar-refractivity contribution in [3.63, 3.8) is 0 Å². The van der Waals surface area contributed by atoms with Crippen LogP contribution in [0.15, 0.2) is 16.8 Å². The molecule has 1 aromatic heterocycles. The number of nitrogens with one attached hydrogen (secondary N) is 3. The number of amides is 2. The highest BCUT2D eigenvalue weighted by atomic mass is 32.1. The third-order valence-electron chi connectivity index (χ3n) is 3.61. The number of hydrogen-bond donors (Lipinski definition) is 5. The van der Waals surface area contributed by atoms with Crippen molar-refractivity contribution < 1.29 is 19.5 Å². The van der Waals surface area contributed by atoms with Crippen molar-refractivity contribution in [3.05, 3.63) is 22.4 Å². The molecule has 2 unspecified atom stereocenters. The topological polar surface area (TPSA) is 134 Å². The summed E-state index contributed by atoms with van der Waals surface area (Å²) in [6.07, 6.45) is 1.16. The van der Waals surface area contributed by atoms with Crippen LogP contribution < -0.4 is 21.7 Å². The number of thiophene rings is 1. The van der Waals surface area contributed by atoms with Gasteiger partial charge in [0.2, 0.25) is 11.8 Å². The standard InChI is InChI=1S/C16H26N4O3S.C2H6O/c1-11(21)14(8-18-2)20-15(22)9-19-16(23)13(3-5-17)7-12-4-6-24-10-12;1-2-3/h4,6,10,13-14,18H,3,5,7-9,17H2,1-2H3,(H,19,23)(H,20,22);3H,2H2,1H3. The summed E-state index contributed by atoms with van der Waals surface area (Å²) in [4.78, 5) is 35.6. The molecule has 2 amide bonds. The Labute approximate surface area is 164 Å². The highest BCUT2D eigenvalue weighted by Crippen LogP contribution is 2.15. The zero-order valence-corrected chi connectivity index (χ0v) is 17.1. The fourth-order valence-corrected chi connectivity index (χ4v) is 2.96. The molecule has 6 N–H and O–H groups in total. The van der Waals surface area contributed by atoms with E-state index in [2.05, 4.69) is 16.0 Å². The van der Waals surface area contributed by atoms with E-state index in [9.17, 15) is 14.4 Å². The number of likely N-dealkylation sites (N-methyl/N-ethyl adjacent to an activating group) is 1. The van der Waals surface area contributed by atoms with Gasteiger partial charge in [-0.2, -0.15) is 11.3 Å². The summed E-state index contributed by atoms with van der Waals surface area (Å²) < 4.78 is 0. The first-order chi connectivity index (χ1) is 12.9. The normalized spacial score (nSPS) is 12.3. The predicted molar refractivity (Wildman–Crippen MR) is 107 cm³/mol. The van der Waals surface area contributed by atoms with Gasteiger partial charge in [-0.25, -0.2) is 0 Å². The summed E-state index contributed by atoms with van der Waals surface area (Å²) in [6, 6.07) is 1.38. The molecule has 154 valence electrons. The molecule has 0 bridgehead atoms. The Bertz CT molecular complexity index is 552. The van der Waals surface area contributed by atoms with Crippen molar-refractivity contribution in [1.82, 2.24) is 16.0 Å². The van der Waals surface area contributed by atoms with Gasteiger partial charge in [0, 0.05) is 19.1 Å². The molecule has 0 fully saturated rings. The van der Waals surface area contributed by atoms with E-state index in [-0.39, 0.29) is 36.7 Å². The molecule has 9 heteroatoms. The summed E-state index contributed by atoms with van der Waals surface area (Å²) in [5, 5.41) is 19.6. The molecule has 1 aromatic rings. The maximum Gasteiger partial charge on any atom is 0.240 e. The van der Waals surface area contributed by atoms with Crippen LogP contribution in [-0.2, 0) is 20.8 Å². The molecule has 0 aromatic carbocycles. The largest absolute Gasteiger partial charge is 0.397 e. The van der Waals surface area contributed by atoms with Gasteiger partial charge in [-0.05, 0) is 62.7 Å². The van der Waals surface area contributed by atoms with Crippen molar-refractivity contribution in [2.75, 3.05) is 33.3 Å². The Hall–Kier alpha value is -1.81. The number of aliphatic hydroxyl groups is 1. The van der Waals surface area contributed by atoms with E-state index in [0.29, 0.717) is 25.9 Å². The van der Waals surface area contributed by atoms with Crippen LogP contribution in [-0.4, -0.2) is 62.0 Å². The maximum absolute atomic E-state index is 12.3. The average Bonchev–Trinajstić information content (AvgIpc) is 3.12. The minimum atomic E-state index is -0.593. The molecule has 0 aliphatic carbocycles. The second-order valence-corrected chi connectivity index (χ2v) is 6.71. The van der Waals surface area contributed by atoms with Crippen molar-refractivity contribution >= 4 is 28.9 Å². The quantitative estimate of drug-likeness (QED) is 0.345. The SMILES string of the molecule is CCO.CNCC(NC(=O)CNC(=O)C(CCN)Cc1ccsc1)C(C)=O. The second-order valence-electron chi connectivity index (χ2n) is 5.93. The molecule has 0 saturated heterocycles. The molecule has 0 radical (unpaired) electrons. The summed E-state index contributed by atoms with van der Waals surface area (Å²) in [5.41, 5.74) is 6.67. The Kier molecular flexibility index (Phi) is 14.2. The minimum Gasteiger partial charge on any atom is -0.397 e. The first kappa shape index (κ1) is 25.2. The Morgan fingerprint density at radius 1 is 1.33 bits per heavy atom. The van der Waals surface area contributed by atoms with Gasteiger partial charge in [0.05, 0.1) is 12.6 Å². The van der Waals surface area contributed by atoms with Crippen molar-refractivity contribution in [2.24, 2.45) is 11.7 Å². The zero-order valence-electron chi connectivity index (χ0n) is 16.3. The number of ketones is 1. The molecular weight excluding hydrogens is 368 g/mol. The molecule has 0 saturated carbocycles. The first-order valence-electron chi connectivity index (χ1n) is 8.93. The van der Waals surface area contributed by atoms with E-state index in [1.165, 1.54) is 6.92 Å². The zero-order chi connectivity index (χ0) is 20.7. The van der Waals surface area contributed by atoms with Crippen LogP contribution in [0.4, 0.5) is 0 Å². The highest BCUT2D eigenvalue weighted by molar-refractivity contribution is 7.07. The summed E-state index contributed by atoms with van der Waals surface area (Å²) in [7, 11) is 1.70. The molecule has 2 atom stereocenters. The van der Waals surface area contributed by atoms with Crippen molar-refractivity contribution in [3.8, 4) is 0 Å². The fourth-order valence-electron chi connectivity index (χ4n) is 2.28. The van der Waals surface area contributed by atoms with E-state index in [1.807, 2.05) is 16.8 Å². The number of rotatable bonds is 11. The lowest BCUT2D eigenvalue weighted by Gasteiger charge is -2.18. The number of carbonyl (C=O) groups excluding carboxylic acids is 3. The molecular formula is C18H32N4O4S. The van der Waals surface area contributed by atoms with E-state index >= 15 is 0 Å². The molecule has 1 heterocycles. The molecule has 0 aliphatic rings. The Morgan fingerprint density at radius 3 is 2.48 bits per heavy atom. The van der Waals surface area contributed by atoms with Gasteiger partial charge >= 0.3 is 0 Å². The monoisotopic (exact) mass is 400 g/mol. The van der Waals surface area contributed by atoms with Gasteiger partial charge in [0.15, 0.2) is 5.78 Å². The van der Waals surface area contributed by atoms with Crippen molar-refractivity contribution in [1.29, 1.82) is 0 Å². The smallest absolute Gasteiger partial charge is 0.240 e. The molecule has 0 spiro atoms. The number of aliphatic hydroxyl groups excluding tert-OH is 1. The van der Waals surface area contributed by atoms with E-state index in [0.717, 1.165) is 5.56 Å². The van der Waals surface area contributed by atoms with Gasteiger partial charge in [0.1, 0.15) is 0 Å².